The van der Waals surface area contributed by atoms with E-state index in [1.54, 1.807) is 12.4 Å². The average molecular weight is 337 g/mol. The Balaban J connectivity index is 1.37. The molecule has 2 unspecified atom stereocenters. The summed E-state index contributed by atoms with van der Waals surface area (Å²) in [5.41, 5.74) is 2.77. The van der Waals surface area contributed by atoms with Gasteiger partial charge in [-0.15, -0.1) is 0 Å². The number of pyridine rings is 1. The van der Waals surface area contributed by atoms with Gasteiger partial charge in [-0.25, -0.2) is 0 Å². The molecule has 128 valence electrons. The van der Waals surface area contributed by atoms with Gasteiger partial charge in [-0.1, -0.05) is 12.1 Å². The molecule has 0 spiro atoms. The number of nitrogens with zero attached hydrogens (tertiary/aromatic N) is 4. The van der Waals surface area contributed by atoms with Crippen molar-refractivity contribution in [2.45, 2.75) is 19.0 Å². The third kappa shape index (κ3) is 3.66. The number of nitrogens with one attached hydrogen (secondary N) is 1. The molecule has 1 amide bonds. The number of amides is 1. The van der Waals surface area contributed by atoms with E-state index in [-0.39, 0.29) is 24.4 Å². The molecule has 1 fully saturated rings. The lowest BCUT2D eigenvalue weighted by Crippen LogP contribution is -2.42. The Bertz CT molecular complexity index is 831. The standard InChI is InChI=1S/C18H19N5O2/c24-18(10-23-21-15-3-1-2-4-16(15)22-23)20-17-12-25-11-14(17)9-13-5-7-19-8-6-13/h1-8,14,17H,9-12H2,(H,20,24). The Labute approximate surface area is 145 Å². The summed E-state index contributed by atoms with van der Waals surface area (Å²) >= 11 is 0. The maximum absolute atomic E-state index is 12.4. The molecule has 2 aromatic heterocycles. The van der Waals surface area contributed by atoms with Gasteiger partial charge in [0.05, 0.1) is 19.3 Å². The molecule has 3 heterocycles. The summed E-state index contributed by atoms with van der Waals surface area (Å²) in [4.78, 5) is 17.8. The molecule has 3 aromatic rings. The van der Waals surface area contributed by atoms with E-state index in [9.17, 15) is 4.79 Å². The highest BCUT2D eigenvalue weighted by atomic mass is 16.5. The lowest BCUT2D eigenvalue weighted by atomic mass is 9.95. The predicted octanol–water partition coefficient (Wildman–Crippen LogP) is 1.20. The number of rotatable bonds is 5. The van der Waals surface area contributed by atoms with Crippen molar-refractivity contribution in [3.05, 3.63) is 54.4 Å². The average Bonchev–Trinajstić information content (AvgIpc) is 3.22. The number of aromatic nitrogens is 4. The van der Waals surface area contributed by atoms with Gasteiger partial charge in [0.2, 0.25) is 5.91 Å². The van der Waals surface area contributed by atoms with Crippen LogP contribution in [0.1, 0.15) is 5.56 Å². The first-order valence-electron chi connectivity index (χ1n) is 8.34. The van der Waals surface area contributed by atoms with Crippen molar-refractivity contribution in [1.82, 2.24) is 25.3 Å². The summed E-state index contributed by atoms with van der Waals surface area (Å²) in [6, 6.07) is 11.6. The Morgan fingerprint density at radius 1 is 1.12 bits per heavy atom. The number of ether oxygens (including phenoxy) is 1. The molecular formula is C18H19N5O2. The van der Waals surface area contributed by atoms with Crippen LogP contribution in [0.3, 0.4) is 0 Å². The molecule has 25 heavy (non-hydrogen) atoms. The van der Waals surface area contributed by atoms with E-state index >= 15 is 0 Å². The van der Waals surface area contributed by atoms with Crippen LogP contribution in [0.15, 0.2) is 48.8 Å². The first kappa shape index (κ1) is 15.7. The molecule has 0 bridgehead atoms. The number of benzene rings is 1. The zero-order valence-electron chi connectivity index (χ0n) is 13.7. The normalized spacial score (nSPS) is 20.0. The van der Waals surface area contributed by atoms with Crippen LogP contribution < -0.4 is 5.32 Å². The third-order valence-corrected chi connectivity index (χ3v) is 4.41. The fourth-order valence-electron chi connectivity index (χ4n) is 3.14. The Morgan fingerprint density at radius 3 is 2.56 bits per heavy atom. The van der Waals surface area contributed by atoms with Gasteiger partial charge in [0.25, 0.3) is 0 Å². The minimum absolute atomic E-state index is 0.00523. The van der Waals surface area contributed by atoms with Gasteiger partial charge in [0.1, 0.15) is 17.6 Å². The fourth-order valence-corrected chi connectivity index (χ4v) is 3.14. The van der Waals surface area contributed by atoms with Crippen LogP contribution in [0.25, 0.3) is 11.0 Å². The van der Waals surface area contributed by atoms with Crippen LogP contribution >= 0.6 is 0 Å². The van der Waals surface area contributed by atoms with Crippen LogP contribution in [-0.4, -0.2) is 45.1 Å². The zero-order valence-corrected chi connectivity index (χ0v) is 13.7. The highest BCUT2D eigenvalue weighted by Crippen LogP contribution is 2.19. The Hall–Kier alpha value is -2.80. The van der Waals surface area contributed by atoms with Gasteiger partial charge in [-0.3, -0.25) is 9.78 Å². The van der Waals surface area contributed by atoms with Crippen LogP contribution in [0.4, 0.5) is 0 Å². The van der Waals surface area contributed by atoms with Crippen LogP contribution in [0, 0.1) is 5.92 Å². The highest BCUT2D eigenvalue weighted by Gasteiger charge is 2.29. The molecule has 7 nitrogen and oxygen atoms in total. The largest absolute Gasteiger partial charge is 0.379 e. The summed E-state index contributed by atoms with van der Waals surface area (Å²) < 4.78 is 5.57. The van der Waals surface area contributed by atoms with Gasteiger partial charge in [-0.05, 0) is 36.2 Å². The zero-order chi connectivity index (χ0) is 17.1. The molecule has 7 heteroatoms. The van der Waals surface area contributed by atoms with E-state index in [2.05, 4.69) is 20.5 Å². The molecule has 0 aliphatic carbocycles. The molecule has 1 aromatic carbocycles. The molecule has 1 aliphatic heterocycles. The Morgan fingerprint density at radius 2 is 1.84 bits per heavy atom. The van der Waals surface area contributed by atoms with Crippen molar-refractivity contribution in [2.75, 3.05) is 13.2 Å². The summed E-state index contributed by atoms with van der Waals surface area (Å²) in [6.07, 6.45) is 4.43. The van der Waals surface area contributed by atoms with Crippen molar-refractivity contribution in [3.8, 4) is 0 Å². The van der Waals surface area contributed by atoms with E-state index in [1.165, 1.54) is 10.4 Å². The van der Waals surface area contributed by atoms with Crippen LogP contribution in [-0.2, 0) is 22.5 Å². The molecule has 1 aliphatic rings. The molecule has 2 atom stereocenters. The molecule has 1 N–H and O–H groups in total. The number of hydrogen-bond acceptors (Lipinski definition) is 5. The van der Waals surface area contributed by atoms with E-state index in [4.69, 9.17) is 4.74 Å². The molecule has 4 rings (SSSR count). The van der Waals surface area contributed by atoms with Gasteiger partial charge < -0.3 is 10.1 Å². The molecule has 1 saturated heterocycles. The Kier molecular flexibility index (Phi) is 4.39. The number of carbonyl (C=O) groups excluding carboxylic acids is 1. The van der Waals surface area contributed by atoms with Crippen molar-refractivity contribution >= 4 is 16.9 Å². The SMILES string of the molecule is O=C(Cn1nc2ccccc2n1)NC1COCC1Cc1ccncc1. The van der Waals surface area contributed by atoms with Crippen LogP contribution in [0.2, 0.25) is 0 Å². The molecular weight excluding hydrogens is 318 g/mol. The molecule has 0 saturated carbocycles. The summed E-state index contributed by atoms with van der Waals surface area (Å²) in [5, 5.41) is 11.7. The summed E-state index contributed by atoms with van der Waals surface area (Å²) in [6.45, 7) is 1.29. The van der Waals surface area contributed by atoms with Crippen molar-refractivity contribution in [2.24, 2.45) is 5.92 Å². The number of fused-ring (bicyclic) bond motifs is 1. The second-order valence-corrected chi connectivity index (χ2v) is 6.25. The van der Waals surface area contributed by atoms with E-state index in [1.807, 2.05) is 36.4 Å². The van der Waals surface area contributed by atoms with E-state index in [0.29, 0.717) is 13.2 Å². The van der Waals surface area contributed by atoms with Crippen molar-refractivity contribution < 1.29 is 9.53 Å². The van der Waals surface area contributed by atoms with Crippen LogP contribution in [0.5, 0.6) is 0 Å². The first-order valence-corrected chi connectivity index (χ1v) is 8.34. The monoisotopic (exact) mass is 337 g/mol. The van der Waals surface area contributed by atoms with Gasteiger partial charge in [0, 0.05) is 18.3 Å². The lowest BCUT2D eigenvalue weighted by molar-refractivity contribution is -0.123. The van der Waals surface area contributed by atoms with Gasteiger partial charge >= 0.3 is 0 Å². The van der Waals surface area contributed by atoms with Gasteiger partial charge in [-0.2, -0.15) is 15.0 Å². The molecule has 0 radical (unpaired) electrons. The third-order valence-electron chi connectivity index (χ3n) is 4.41. The number of carbonyl (C=O) groups is 1. The quantitative estimate of drug-likeness (QED) is 0.756. The highest BCUT2D eigenvalue weighted by molar-refractivity contribution is 5.77. The lowest BCUT2D eigenvalue weighted by Gasteiger charge is -2.19. The van der Waals surface area contributed by atoms with Crippen molar-refractivity contribution in [3.63, 3.8) is 0 Å². The first-order chi connectivity index (χ1) is 12.3. The maximum Gasteiger partial charge on any atom is 0.243 e. The second-order valence-electron chi connectivity index (χ2n) is 6.25. The smallest absolute Gasteiger partial charge is 0.243 e. The minimum atomic E-state index is -0.101. The predicted molar refractivity (Wildman–Crippen MR) is 91.7 cm³/mol. The van der Waals surface area contributed by atoms with Crippen molar-refractivity contribution in [1.29, 1.82) is 0 Å². The summed E-state index contributed by atoms with van der Waals surface area (Å²) in [5.74, 6) is 0.159. The number of hydrogen-bond donors (Lipinski definition) is 1. The summed E-state index contributed by atoms with van der Waals surface area (Å²) in [7, 11) is 0. The fraction of sp³-hybridized carbons (Fsp3) is 0.333. The second kappa shape index (κ2) is 6.98. The van der Waals surface area contributed by atoms with E-state index < -0.39 is 0 Å². The minimum Gasteiger partial charge on any atom is -0.379 e. The maximum atomic E-state index is 12.4. The van der Waals surface area contributed by atoms with Gasteiger partial charge in [0.15, 0.2) is 0 Å². The van der Waals surface area contributed by atoms with E-state index in [0.717, 1.165) is 17.5 Å². The topological polar surface area (TPSA) is 81.9 Å².